The summed E-state index contributed by atoms with van der Waals surface area (Å²) in [5.74, 6) is -1.56. The van der Waals surface area contributed by atoms with E-state index < -0.39 is 5.97 Å². The molecule has 0 radical (unpaired) electrons. The lowest BCUT2D eigenvalue weighted by Gasteiger charge is -2.41. The molecule has 0 aromatic rings. The van der Waals surface area contributed by atoms with E-state index in [1.807, 2.05) is 0 Å². The first-order valence-corrected chi connectivity index (χ1v) is 6.49. The summed E-state index contributed by atoms with van der Waals surface area (Å²) in [5.41, 5.74) is 0.530. The summed E-state index contributed by atoms with van der Waals surface area (Å²) in [6, 6.07) is -0.243. The number of hydrogen-bond donors (Lipinski definition) is 1. The minimum Gasteiger partial charge on any atom is -0.477 e. The summed E-state index contributed by atoms with van der Waals surface area (Å²) in [6.07, 6.45) is 1.99. The zero-order chi connectivity index (χ0) is 13.7. The van der Waals surface area contributed by atoms with Crippen LogP contribution in [-0.2, 0) is 19.2 Å². The minimum absolute atomic E-state index is 0.00503. The summed E-state index contributed by atoms with van der Waals surface area (Å²) >= 11 is 1.28. The van der Waals surface area contributed by atoms with Gasteiger partial charge in [0.1, 0.15) is 11.1 Å². The molecular formula is C11H10N2O5S. The molecule has 0 spiro atoms. The van der Waals surface area contributed by atoms with E-state index in [2.05, 4.69) is 0 Å². The summed E-state index contributed by atoms with van der Waals surface area (Å²) in [5, 5.41) is 11.3. The predicted molar refractivity (Wildman–Crippen MR) is 64.3 cm³/mol. The van der Waals surface area contributed by atoms with Crippen molar-refractivity contribution in [1.82, 2.24) is 9.96 Å². The Morgan fingerprint density at radius 3 is 2.89 bits per heavy atom. The first kappa shape index (κ1) is 12.2. The van der Waals surface area contributed by atoms with Crippen molar-refractivity contribution in [2.45, 2.75) is 17.8 Å². The zero-order valence-corrected chi connectivity index (χ0v) is 10.7. The lowest BCUT2D eigenvalue weighted by Crippen LogP contribution is -2.55. The predicted octanol–water partition coefficient (Wildman–Crippen LogP) is -0.0838. The molecule has 2 saturated heterocycles. The van der Waals surface area contributed by atoms with E-state index in [0.29, 0.717) is 12.0 Å². The van der Waals surface area contributed by atoms with Gasteiger partial charge in [-0.05, 0) is 6.08 Å². The highest BCUT2D eigenvalue weighted by molar-refractivity contribution is 8.03. The molecule has 1 N–H and O–H groups in total. The van der Waals surface area contributed by atoms with Crippen LogP contribution in [0.3, 0.4) is 0 Å². The molecule has 3 aliphatic rings. The highest BCUT2D eigenvalue weighted by atomic mass is 32.2. The van der Waals surface area contributed by atoms with Gasteiger partial charge in [-0.25, -0.2) is 9.86 Å². The van der Waals surface area contributed by atoms with Gasteiger partial charge in [0.25, 0.3) is 5.91 Å². The van der Waals surface area contributed by atoms with Crippen LogP contribution in [0.5, 0.6) is 0 Å². The molecule has 0 aromatic heterocycles. The number of aliphatic carboxylic acids is 1. The van der Waals surface area contributed by atoms with Crippen LogP contribution in [0.1, 0.15) is 6.42 Å². The van der Waals surface area contributed by atoms with Crippen LogP contribution in [0.2, 0.25) is 0 Å². The van der Waals surface area contributed by atoms with Gasteiger partial charge in [-0.15, -0.1) is 11.8 Å². The lowest BCUT2D eigenvalue weighted by molar-refractivity contribution is -0.208. The van der Waals surface area contributed by atoms with Crippen LogP contribution in [-0.4, -0.2) is 51.4 Å². The van der Waals surface area contributed by atoms with E-state index in [1.54, 1.807) is 6.08 Å². The number of hydroxylamine groups is 2. The first-order valence-electron chi connectivity index (χ1n) is 5.55. The SMILES string of the molecule is CON1C(=O)C[C@@H]1C=C1C(=O)N2C(C(=O)O)=CS[C@H]12. The van der Waals surface area contributed by atoms with Gasteiger partial charge in [-0.2, -0.15) is 0 Å². The number of nitrogens with zero attached hydrogens (tertiary/aromatic N) is 2. The van der Waals surface area contributed by atoms with E-state index in [4.69, 9.17) is 9.94 Å². The van der Waals surface area contributed by atoms with E-state index in [1.165, 1.54) is 34.2 Å². The third kappa shape index (κ3) is 1.60. The number of β-lactam (4-membered cyclic amide) rings is 2. The van der Waals surface area contributed by atoms with Crippen LogP contribution in [0.4, 0.5) is 0 Å². The van der Waals surface area contributed by atoms with Crippen LogP contribution < -0.4 is 0 Å². The first-order chi connectivity index (χ1) is 9.04. The lowest BCUT2D eigenvalue weighted by atomic mass is 9.97. The van der Waals surface area contributed by atoms with Gasteiger partial charge >= 0.3 is 5.97 Å². The monoisotopic (exact) mass is 282 g/mol. The van der Waals surface area contributed by atoms with E-state index in [0.717, 1.165) is 0 Å². The van der Waals surface area contributed by atoms with Crippen molar-refractivity contribution in [3.05, 3.63) is 22.8 Å². The Morgan fingerprint density at radius 1 is 1.58 bits per heavy atom. The molecule has 0 aliphatic carbocycles. The summed E-state index contributed by atoms with van der Waals surface area (Å²) in [4.78, 5) is 40.1. The molecular weight excluding hydrogens is 272 g/mol. The number of carbonyl (C=O) groups excluding carboxylic acids is 2. The molecule has 3 rings (SSSR count). The van der Waals surface area contributed by atoms with Gasteiger partial charge in [0.15, 0.2) is 0 Å². The van der Waals surface area contributed by atoms with Gasteiger partial charge < -0.3 is 5.11 Å². The smallest absolute Gasteiger partial charge is 0.353 e. The second-order valence-corrected chi connectivity index (χ2v) is 5.22. The molecule has 0 unspecified atom stereocenters. The van der Waals surface area contributed by atoms with E-state index in [-0.39, 0.29) is 28.9 Å². The van der Waals surface area contributed by atoms with Crippen molar-refractivity contribution in [1.29, 1.82) is 0 Å². The third-order valence-electron chi connectivity index (χ3n) is 3.25. The van der Waals surface area contributed by atoms with Crippen LogP contribution in [0, 0.1) is 0 Å². The maximum atomic E-state index is 11.9. The molecule has 3 heterocycles. The number of amides is 2. The molecule has 0 saturated carbocycles. The van der Waals surface area contributed by atoms with Crippen molar-refractivity contribution in [2.24, 2.45) is 0 Å². The fourth-order valence-electron chi connectivity index (χ4n) is 2.28. The summed E-state index contributed by atoms with van der Waals surface area (Å²) in [6.45, 7) is 0. The number of thioether (sulfide) groups is 1. The van der Waals surface area contributed by atoms with Gasteiger partial charge in [-0.3, -0.25) is 19.3 Å². The fraction of sp³-hybridized carbons (Fsp3) is 0.364. The van der Waals surface area contributed by atoms with Crippen molar-refractivity contribution in [2.75, 3.05) is 7.11 Å². The molecule has 7 nitrogen and oxygen atoms in total. The van der Waals surface area contributed by atoms with Crippen molar-refractivity contribution < 1.29 is 24.3 Å². The third-order valence-corrected chi connectivity index (χ3v) is 4.33. The minimum atomic E-state index is -1.11. The quantitative estimate of drug-likeness (QED) is 0.575. The van der Waals surface area contributed by atoms with Crippen molar-refractivity contribution >= 4 is 29.5 Å². The largest absolute Gasteiger partial charge is 0.477 e. The summed E-state index contributed by atoms with van der Waals surface area (Å²) < 4.78 is 0. The Labute approximate surface area is 112 Å². The normalized spacial score (nSPS) is 31.0. The fourth-order valence-corrected chi connectivity index (χ4v) is 3.41. The Bertz CT molecular complexity index is 555. The van der Waals surface area contributed by atoms with E-state index in [9.17, 15) is 14.4 Å². The Kier molecular flexibility index (Phi) is 2.64. The molecule has 3 aliphatic heterocycles. The Hall–Kier alpha value is -1.80. The molecule has 19 heavy (non-hydrogen) atoms. The molecule has 0 aromatic carbocycles. The highest BCUT2D eigenvalue weighted by Gasteiger charge is 2.50. The Balaban J connectivity index is 1.75. The average Bonchev–Trinajstić information content (AvgIpc) is 2.74. The second-order valence-electron chi connectivity index (χ2n) is 4.27. The number of carbonyl (C=O) groups is 3. The topological polar surface area (TPSA) is 87.2 Å². The highest BCUT2D eigenvalue weighted by Crippen LogP contribution is 2.45. The van der Waals surface area contributed by atoms with Crippen molar-refractivity contribution in [3.63, 3.8) is 0 Å². The van der Waals surface area contributed by atoms with Gasteiger partial charge in [0.05, 0.1) is 19.6 Å². The van der Waals surface area contributed by atoms with Crippen LogP contribution >= 0.6 is 11.8 Å². The number of fused-ring (bicyclic) bond motifs is 1. The maximum Gasteiger partial charge on any atom is 0.353 e. The van der Waals surface area contributed by atoms with Gasteiger partial charge in [0, 0.05) is 11.0 Å². The van der Waals surface area contributed by atoms with Crippen molar-refractivity contribution in [3.8, 4) is 0 Å². The van der Waals surface area contributed by atoms with Crippen LogP contribution in [0.25, 0.3) is 0 Å². The van der Waals surface area contributed by atoms with E-state index >= 15 is 0 Å². The summed E-state index contributed by atoms with van der Waals surface area (Å²) in [7, 11) is 1.39. The average molecular weight is 282 g/mol. The second kappa shape index (κ2) is 4.10. The van der Waals surface area contributed by atoms with Gasteiger partial charge in [-0.1, -0.05) is 0 Å². The number of hydrogen-bond acceptors (Lipinski definition) is 5. The molecule has 2 amide bonds. The maximum absolute atomic E-state index is 11.9. The van der Waals surface area contributed by atoms with Gasteiger partial charge in [0.2, 0.25) is 5.91 Å². The standard InChI is InChI=1S/C11H10N2O5S/c1-18-13-5(3-8(13)14)2-6-9(15)12-7(11(16)17)4-19-10(6)12/h2,4-5,10H,3H2,1H3,(H,16,17)/t5-,10+/m0/s1. The Morgan fingerprint density at radius 2 is 2.32 bits per heavy atom. The number of carboxylic acids is 1. The molecule has 8 heteroatoms. The molecule has 0 bridgehead atoms. The molecule has 100 valence electrons. The number of rotatable bonds is 3. The van der Waals surface area contributed by atoms with Crippen LogP contribution in [0.15, 0.2) is 22.8 Å². The molecule has 2 fully saturated rings. The molecule has 2 atom stereocenters. The number of carboxylic acid groups (broad SMARTS) is 1. The zero-order valence-electron chi connectivity index (χ0n) is 9.90.